The van der Waals surface area contributed by atoms with Crippen LogP contribution in [-0.2, 0) is 0 Å². The molecule has 0 spiro atoms. The van der Waals surface area contributed by atoms with Crippen LogP contribution in [0.1, 0.15) is 22.3 Å². The Morgan fingerprint density at radius 1 is 0.900 bits per heavy atom. The minimum atomic E-state index is -0.359. The van der Waals surface area contributed by atoms with Crippen LogP contribution >= 0.6 is 0 Å². The first-order valence-corrected chi connectivity index (χ1v) is 6.29. The molecule has 0 unspecified atom stereocenters. The number of nitrogens with zero attached hydrogens (tertiary/aromatic N) is 1. The fraction of sp³-hybridized carbons (Fsp3) is 0.250. The monoisotopic (exact) mass is 273 g/mol. The van der Waals surface area contributed by atoms with E-state index < -0.39 is 0 Å². The standard InChI is InChI=1S/C8H9NO2.C8H10O/c1-6-3-4-7(2)8(5-6)9(10)11;1-6-3-4-7(2)8(9)5-6/h3-5H,1-2H3;3-5,9H,1-2H3. The molecule has 0 radical (unpaired) electrons. The van der Waals surface area contributed by atoms with Crippen molar-refractivity contribution in [3.63, 3.8) is 0 Å². The van der Waals surface area contributed by atoms with E-state index >= 15 is 0 Å². The summed E-state index contributed by atoms with van der Waals surface area (Å²) in [6.45, 7) is 7.41. The molecule has 0 bridgehead atoms. The number of hydrogen-bond donors (Lipinski definition) is 1. The molecule has 0 aliphatic carbocycles. The van der Waals surface area contributed by atoms with Gasteiger partial charge in [-0.05, 0) is 50.5 Å². The first kappa shape index (κ1) is 15.7. The van der Waals surface area contributed by atoms with E-state index in [0.717, 1.165) is 16.7 Å². The molecule has 2 aromatic rings. The highest BCUT2D eigenvalue weighted by atomic mass is 16.6. The fourth-order valence-electron chi connectivity index (χ4n) is 1.64. The predicted octanol–water partition coefficient (Wildman–Crippen LogP) is 4.22. The summed E-state index contributed by atoms with van der Waals surface area (Å²) in [5, 5.41) is 19.5. The molecule has 2 aromatic carbocycles. The van der Waals surface area contributed by atoms with Crippen LogP contribution in [0.4, 0.5) is 5.69 Å². The zero-order valence-corrected chi connectivity index (χ0v) is 12.2. The maximum Gasteiger partial charge on any atom is 0.272 e. The smallest absolute Gasteiger partial charge is 0.272 e. The Labute approximate surface area is 118 Å². The molecule has 0 fully saturated rings. The molecule has 0 aliphatic heterocycles. The van der Waals surface area contributed by atoms with Crippen LogP contribution in [0.25, 0.3) is 0 Å². The van der Waals surface area contributed by atoms with E-state index in [1.54, 1.807) is 25.1 Å². The number of rotatable bonds is 1. The summed E-state index contributed by atoms with van der Waals surface area (Å²) in [6, 6.07) is 10.8. The van der Waals surface area contributed by atoms with Crippen LogP contribution in [0.5, 0.6) is 5.75 Å². The minimum absolute atomic E-state index is 0.199. The second-order valence-electron chi connectivity index (χ2n) is 4.84. The Morgan fingerprint density at radius 2 is 1.40 bits per heavy atom. The van der Waals surface area contributed by atoms with E-state index in [4.69, 9.17) is 5.11 Å². The molecule has 1 N–H and O–H groups in total. The van der Waals surface area contributed by atoms with Crippen LogP contribution in [0, 0.1) is 37.8 Å². The summed E-state index contributed by atoms with van der Waals surface area (Å²) >= 11 is 0. The number of phenols is 1. The van der Waals surface area contributed by atoms with Gasteiger partial charge in [0.15, 0.2) is 0 Å². The zero-order valence-electron chi connectivity index (χ0n) is 12.2. The summed E-state index contributed by atoms with van der Waals surface area (Å²) in [7, 11) is 0. The molecule has 0 amide bonds. The average molecular weight is 273 g/mol. The SMILES string of the molecule is Cc1ccc(C)c(O)c1.Cc1ccc(C)c([N+](=O)[O-])c1. The van der Waals surface area contributed by atoms with Gasteiger partial charge in [-0.3, -0.25) is 10.1 Å². The Morgan fingerprint density at radius 3 is 1.80 bits per heavy atom. The van der Waals surface area contributed by atoms with E-state index in [1.165, 1.54) is 0 Å². The van der Waals surface area contributed by atoms with Crippen molar-refractivity contribution >= 4 is 5.69 Å². The molecular formula is C16H19NO3. The Kier molecular flexibility index (Phi) is 5.26. The second-order valence-corrected chi connectivity index (χ2v) is 4.84. The topological polar surface area (TPSA) is 63.4 Å². The number of nitro benzene ring substituents is 1. The van der Waals surface area contributed by atoms with Crippen molar-refractivity contribution in [1.29, 1.82) is 0 Å². The second kappa shape index (κ2) is 6.70. The fourth-order valence-corrected chi connectivity index (χ4v) is 1.64. The van der Waals surface area contributed by atoms with E-state index in [2.05, 4.69) is 0 Å². The van der Waals surface area contributed by atoms with E-state index in [9.17, 15) is 10.1 Å². The maximum absolute atomic E-state index is 10.4. The quantitative estimate of drug-likeness (QED) is 0.625. The van der Waals surface area contributed by atoms with Gasteiger partial charge in [0.2, 0.25) is 0 Å². The Balaban J connectivity index is 0.000000204. The van der Waals surface area contributed by atoms with Gasteiger partial charge in [0, 0.05) is 11.6 Å². The molecule has 0 aromatic heterocycles. The minimum Gasteiger partial charge on any atom is -0.508 e. The Hall–Kier alpha value is -2.36. The van der Waals surface area contributed by atoms with Crippen LogP contribution in [0.15, 0.2) is 36.4 Å². The Bertz CT molecular complexity index is 621. The lowest BCUT2D eigenvalue weighted by Gasteiger charge is -1.97. The van der Waals surface area contributed by atoms with Gasteiger partial charge in [0.05, 0.1) is 4.92 Å². The third kappa shape index (κ3) is 4.39. The van der Waals surface area contributed by atoms with Crippen molar-refractivity contribution in [3.05, 3.63) is 68.8 Å². The summed E-state index contributed by atoms with van der Waals surface area (Å²) in [6.07, 6.45) is 0. The summed E-state index contributed by atoms with van der Waals surface area (Å²) < 4.78 is 0. The largest absolute Gasteiger partial charge is 0.508 e. The van der Waals surface area contributed by atoms with Gasteiger partial charge in [-0.2, -0.15) is 0 Å². The highest BCUT2D eigenvalue weighted by Crippen LogP contribution is 2.18. The van der Waals surface area contributed by atoms with Crippen LogP contribution in [0.2, 0.25) is 0 Å². The van der Waals surface area contributed by atoms with Crippen LogP contribution < -0.4 is 0 Å². The molecule has 0 heterocycles. The number of aromatic hydroxyl groups is 1. The van der Waals surface area contributed by atoms with Crippen LogP contribution in [0.3, 0.4) is 0 Å². The predicted molar refractivity (Wildman–Crippen MR) is 80.2 cm³/mol. The van der Waals surface area contributed by atoms with Crippen molar-refractivity contribution in [2.45, 2.75) is 27.7 Å². The normalized spacial score (nSPS) is 9.60. The summed E-state index contributed by atoms with van der Waals surface area (Å²) in [5.41, 5.74) is 3.85. The van der Waals surface area contributed by atoms with Crippen molar-refractivity contribution in [2.75, 3.05) is 0 Å². The number of nitro groups is 1. The lowest BCUT2D eigenvalue weighted by Crippen LogP contribution is -1.91. The van der Waals surface area contributed by atoms with Gasteiger partial charge in [-0.1, -0.05) is 24.3 Å². The summed E-state index contributed by atoms with van der Waals surface area (Å²) in [5.74, 6) is 0.384. The van der Waals surface area contributed by atoms with Gasteiger partial charge in [0.25, 0.3) is 5.69 Å². The average Bonchev–Trinajstić information content (AvgIpc) is 2.38. The molecule has 0 saturated heterocycles. The number of aryl methyl sites for hydroxylation is 4. The molecule has 20 heavy (non-hydrogen) atoms. The lowest BCUT2D eigenvalue weighted by atomic mass is 10.1. The van der Waals surface area contributed by atoms with E-state index in [0.29, 0.717) is 11.3 Å². The van der Waals surface area contributed by atoms with Gasteiger partial charge in [-0.15, -0.1) is 0 Å². The van der Waals surface area contributed by atoms with Gasteiger partial charge in [-0.25, -0.2) is 0 Å². The molecule has 0 aliphatic rings. The molecular weight excluding hydrogens is 254 g/mol. The van der Waals surface area contributed by atoms with Crippen molar-refractivity contribution in [2.24, 2.45) is 0 Å². The lowest BCUT2D eigenvalue weighted by molar-refractivity contribution is -0.385. The van der Waals surface area contributed by atoms with Crippen molar-refractivity contribution < 1.29 is 10.0 Å². The molecule has 0 saturated carbocycles. The third-order valence-electron chi connectivity index (χ3n) is 2.93. The highest BCUT2D eigenvalue weighted by molar-refractivity contribution is 5.41. The summed E-state index contributed by atoms with van der Waals surface area (Å²) in [4.78, 5) is 10.0. The molecule has 4 heteroatoms. The van der Waals surface area contributed by atoms with Crippen molar-refractivity contribution in [1.82, 2.24) is 0 Å². The number of hydrogen-bond acceptors (Lipinski definition) is 3. The van der Waals surface area contributed by atoms with Crippen molar-refractivity contribution in [3.8, 4) is 5.75 Å². The molecule has 4 nitrogen and oxygen atoms in total. The molecule has 106 valence electrons. The van der Waals surface area contributed by atoms with Gasteiger partial charge >= 0.3 is 0 Å². The zero-order chi connectivity index (χ0) is 15.3. The van der Waals surface area contributed by atoms with E-state index in [1.807, 2.05) is 39.0 Å². The molecule has 2 rings (SSSR count). The molecule has 0 atom stereocenters. The van der Waals surface area contributed by atoms with Gasteiger partial charge in [0.1, 0.15) is 5.75 Å². The van der Waals surface area contributed by atoms with Crippen LogP contribution in [-0.4, -0.2) is 10.0 Å². The third-order valence-corrected chi connectivity index (χ3v) is 2.93. The highest BCUT2D eigenvalue weighted by Gasteiger charge is 2.08. The first-order valence-electron chi connectivity index (χ1n) is 6.29. The number of benzene rings is 2. The van der Waals surface area contributed by atoms with E-state index in [-0.39, 0.29) is 10.6 Å². The number of phenolic OH excluding ortho intramolecular Hbond substituents is 1. The maximum atomic E-state index is 10.4. The van der Waals surface area contributed by atoms with Gasteiger partial charge < -0.3 is 5.11 Å². The first-order chi connectivity index (χ1) is 9.31.